The van der Waals surface area contributed by atoms with Crippen molar-refractivity contribution in [3.05, 3.63) is 58.7 Å². The second kappa shape index (κ2) is 9.49. The summed E-state index contributed by atoms with van der Waals surface area (Å²) < 4.78 is 0. The Morgan fingerprint density at radius 3 is 2.82 bits per heavy atom. The average molecular weight is 533 g/mol. The van der Waals surface area contributed by atoms with Gasteiger partial charge in [-0.2, -0.15) is 0 Å². The third-order valence-corrected chi connectivity index (χ3v) is 8.23. The fraction of sp³-hybridized carbons (Fsp3) is 0.462. The Morgan fingerprint density at radius 1 is 1.18 bits per heavy atom. The number of aryl methyl sites for hydroxylation is 2. The van der Waals surface area contributed by atoms with Crippen molar-refractivity contribution in [2.24, 2.45) is 0 Å². The second-order valence-corrected chi connectivity index (χ2v) is 10.6. The number of hydrogen-bond acceptors (Lipinski definition) is 7. The lowest BCUT2D eigenvalue weighted by Gasteiger charge is -2.49. The molecule has 2 amide bonds. The average Bonchev–Trinajstić information content (AvgIpc) is 3.43. The Hall–Kier alpha value is -4.26. The number of hydrogen-bond donors (Lipinski definition) is 8. The van der Waals surface area contributed by atoms with Crippen LogP contribution in [-0.2, 0) is 12.8 Å². The fourth-order valence-corrected chi connectivity index (χ4v) is 6.41. The molecule has 1 aliphatic carbocycles. The van der Waals surface area contributed by atoms with Gasteiger partial charge in [0.2, 0.25) is 0 Å². The molecule has 8 N–H and O–H groups in total. The summed E-state index contributed by atoms with van der Waals surface area (Å²) in [5, 5.41) is 43.7. The minimum absolute atomic E-state index is 0.00703. The van der Waals surface area contributed by atoms with E-state index in [2.05, 4.69) is 42.6 Å². The zero-order valence-corrected chi connectivity index (χ0v) is 21.5. The Bertz CT molecular complexity index is 1370. The molecule has 0 bridgehead atoms. The molecular formula is C26H32N10O3. The molecule has 3 saturated heterocycles. The topological polar surface area (TPSA) is 191 Å². The Kier molecular flexibility index (Phi) is 6.09. The summed E-state index contributed by atoms with van der Waals surface area (Å²) in [5.74, 6) is -0.627. The van der Waals surface area contributed by atoms with Crippen LogP contribution in [0.2, 0.25) is 0 Å². The first-order valence-electron chi connectivity index (χ1n) is 13.2. The minimum Gasteiger partial charge on any atom is -0.386 e. The lowest BCUT2D eigenvalue weighted by molar-refractivity contribution is 0.00612. The van der Waals surface area contributed by atoms with Crippen molar-refractivity contribution in [3.8, 4) is 0 Å². The summed E-state index contributed by atoms with van der Waals surface area (Å²) in [5.41, 5.74) is 2.51. The van der Waals surface area contributed by atoms with Gasteiger partial charge < -0.3 is 36.6 Å². The maximum atomic E-state index is 13.4. The smallest absolute Gasteiger partial charge is 0.270 e. The van der Waals surface area contributed by atoms with Crippen LogP contribution in [-0.4, -0.2) is 86.7 Å². The number of benzene rings is 1. The lowest BCUT2D eigenvalue weighted by atomic mass is 9.86. The quantitative estimate of drug-likeness (QED) is 0.238. The summed E-state index contributed by atoms with van der Waals surface area (Å²) in [6.07, 6.45) is 4.13. The zero-order valence-electron chi connectivity index (χ0n) is 21.5. The van der Waals surface area contributed by atoms with Gasteiger partial charge >= 0.3 is 0 Å². The number of nitrogens with one attached hydrogen (secondary N) is 7. The van der Waals surface area contributed by atoms with Crippen LogP contribution in [0.5, 0.6) is 0 Å². The predicted octanol–water partition coefficient (Wildman–Crippen LogP) is -1.03. The number of fused-ring (bicyclic) bond motifs is 1. The molecule has 4 aliphatic rings. The van der Waals surface area contributed by atoms with Gasteiger partial charge in [0.15, 0.2) is 17.6 Å². The van der Waals surface area contributed by atoms with E-state index in [1.165, 1.54) is 11.9 Å². The molecule has 204 valence electrons. The van der Waals surface area contributed by atoms with Gasteiger partial charge in [-0.15, -0.1) is 0 Å². The number of aromatic nitrogens is 2. The molecule has 4 heterocycles. The minimum atomic E-state index is -1.26. The van der Waals surface area contributed by atoms with Crippen LogP contribution >= 0.6 is 0 Å². The van der Waals surface area contributed by atoms with Gasteiger partial charge in [-0.1, -0.05) is 12.1 Å². The maximum Gasteiger partial charge on any atom is 0.270 e. The van der Waals surface area contributed by atoms with E-state index >= 15 is 0 Å². The number of rotatable bonds is 5. The molecule has 39 heavy (non-hydrogen) atoms. The van der Waals surface area contributed by atoms with Gasteiger partial charge in [0, 0.05) is 24.3 Å². The highest BCUT2D eigenvalue weighted by Crippen LogP contribution is 2.37. The highest BCUT2D eigenvalue weighted by molar-refractivity contribution is 5.97. The van der Waals surface area contributed by atoms with Crippen LogP contribution in [0.4, 0.5) is 0 Å². The van der Waals surface area contributed by atoms with E-state index in [1.807, 2.05) is 12.1 Å². The molecule has 2 aromatic rings. The molecule has 3 aliphatic heterocycles. The largest absolute Gasteiger partial charge is 0.386 e. The SMILES string of the molecule is Cc1cc(C(=O)NC[C@@H]2NC(=N)N3CC(NC(=O)c4cccc5c4CCCC5)[C@@H](O)C34NC(=N)N[C@@H]24)ncn1. The van der Waals surface area contributed by atoms with E-state index in [0.29, 0.717) is 11.3 Å². The third kappa shape index (κ3) is 4.13. The molecular weight excluding hydrogens is 500 g/mol. The Balaban J connectivity index is 1.21. The van der Waals surface area contributed by atoms with E-state index in [-0.39, 0.29) is 36.6 Å². The number of aliphatic hydroxyl groups excluding tert-OH is 1. The first-order valence-corrected chi connectivity index (χ1v) is 13.2. The van der Waals surface area contributed by atoms with E-state index in [1.54, 1.807) is 17.9 Å². The van der Waals surface area contributed by atoms with Crippen molar-refractivity contribution in [1.29, 1.82) is 10.8 Å². The number of carbonyl (C=O) groups is 2. The van der Waals surface area contributed by atoms with Crippen molar-refractivity contribution >= 4 is 23.7 Å². The Labute approximate surface area is 225 Å². The van der Waals surface area contributed by atoms with Gasteiger partial charge in [-0.05, 0) is 55.9 Å². The first-order chi connectivity index (χ1) is 18.8. The van der Waals surface area contributed by atoms with Crippen LogP contribution in [0.1, 0.15) is 50.5 Å². The van der Waals surface area contributed by atoms with Crippen molar-refractivity contribution < 1.29 is 14.7 Å². The summed E-state index contributed by atoms with van der Waals surface area (Å²) in [7, 11) is 0. The summed E-state index contributed by atoms with van der Waals surface area (Å²) in [4.78, 5) is 35.8. The second-order valence-electron chi connectivity index (χ2n) is 10.6. The van der Waals surface area contributed by atoms with E-state index in [4.69, 9.17) is 10.8 Å². The molecule has 1 spiro atoms. The van der Waals surface area contributed by atoms with Gasteiger partial charge in [0.1, 0.15) is 18.1 Å². The molecule has 0 saturated carbocycles. The van der Waals surface area contributed by atoms with Gasteiger partial charge in [0.05, 0.1) is 18.1 Å². The van der Waals surface area contributed by atoms with E-state index in [0.717, 1.165) is 31.2 Å². The van der Waals surface area contributed by atoms with Gasteiger partial charge in [0.25, 0.3) is 11.8 Å². The van der Waals surface area contributed by atoms with Gasteiger partial charge in [-0.3, -0.25) is 20.4 Å². The van der Waals surface area contributed by atoms with Gasteiger partial charge in [-0.25, -0.2) is 9.97 Å². The standard InChI is InChI=1S/C26H32N10O3/c1-13-9-17(31-12-30-13)23(39)29-10-18-20-26(35-24(27)34-20)21(37)19(11-36(26)25(28)33-18)32-22(38)16-8-4-6-14-5-2-3-7-15(14)16/h4,6,8-9,12,18-21,37H,2-3,5,7,10-11H2,1H3,(H2,28,33)(H,29,39)(H,32,38)(H3,27,34,35)/t18-,19?,20-,21+,26?/m0/s1. The van der Waals surface area contributed by atoms with Crippen LogP contribution < -0.4 is 26.6 Å². The molecule has 1 aromatic heterocycles. The molecule has 13 nitrogen and oxygen atoms in total. The molecule has 1 aromatic carbocycles. The number of carbonyl (C=O) groups excluding carboxylic acids is 2. The molecule has 3 fully saturated rings. The van der Waals surface area contributed by atoms with Crippen molar-refractivity contribution in [3.63, 3.8) is 0 Å². The van der Waals surface area contributed by atoms with Crippen LogP contribution in [0, 0.1) is 17.7 Å². The van der Waals surface area contributed by atoms with Crippen LogP contribution in [0.25, 0.3) is 0 Å². The lowest BCUT2D eigenvalue weighted by Crippen LogP contribution is -2.78. The number of amides is 2. The predicted molar refractivity (Wildman–Crippen MR) is 141 cm³/mol. The molecule has 6 rings (SSSR count). The number of guanidine groups is 2. The van der Waals surface area contributed by atoms with Crippen LogP contribution in [0.15, 0.2) is 30.6 Å². The van der Waals surface area contributed by atoms with Crippen LogP contribution in [0.3, 0.4) is 0 Å². The van der Waals surface area contributed by atoms with Crippen molar-refractivity contribution in [2.75, 3.05) is 13.1 Å². The monoisotopic (exact) mass is 532 g/mol. The third-order valence-electron chi connectivity index (χ3n) is 8.23. The Morgan fingerprint density at radius 2 is 2.00 bits per heavy atom. The molecule has 5 atom stereocenters. The normalized spacial score (nSPS) is 28.8. The summed E-state index contributed by atoms with van der Waals surface area (Å²) in [6.45, 7) is 2.04. The van der Waals surface area contributed by atoms with E-state index < -0.39 is 35.8 Å². The summed E-state index contributed by atoms with van der Waals surface area (Å²) in [6, 6.07) is 5.54. The van der Waals surface area contributed by atoms with Crippen molar-refractivity contribution in [1.82, 2.24) is 41.5 Å². The zero-order chi connectivity index (χ0) is 27.3. The molecule has 2 unspecified atom stereocenters. The van der Waals surface area contributed by atoms with E-state index in [9.17, 15) is 14.7 Å². The van der Waals surface area contributed by atoms with Crippen molar-refractivity contribution in [2.45, 2.75) is 62.5 Å². The number of nitrogens with zero attached hydrogens (tertiary/aromatic N) is 3. The summed E-state index contributed by atoms with van der Waals surface area (Å²) >= 11 is 0. The first kappa shape index (κ1) is 25.0. The fourth-order valence-electron chi connectivity index (χ4n) is 6.41. The molecule has 0 radical (unpaired) electrons. The number of aliphatic hydroxyl groups is 1. The maximum absolute atomic E-state index is 13.4. The highest BCUT2D eigenvalue weighted by atomic mass is 16.3. The molecule has 13 heteroatoms. The highest BCUT2D eigenvalue weighted by Gasteiger charge is 2.66.